The highest BCUT2D eigenvalue weighted by Gasteiger charge is 1.78. The van der Waals surface area contributed by atoms with Crippen molar-refractivity contribution in [3.63, 3.8) is 0 Å². The van der Waals surface area contributed by atoms with Crippen LogP contribution in [0.25, 0.3) is 0 Å². The summed E-state index contributed by atoms with van der Waals surface area (Å²) in [5, 5.41) is 0.938. The molecule has 0 N–H and O–H groups in total. The highest BCUT2D eigenvalue weighted by Crippen LogP contribution is 1.92. The monoisotopic (exact) mass is 198 g/mol. The van der Waals surface area contributed by atoms with E-state index in [1.54, 1.807) is 0 Å². The lowest BCUT2D eigenvalue weighted by atomic mass is 10.4. The number of benzene rings is 1. The van der Waals surface area contributed by atoms with E-state index in [1.807, 2.05) is 30.3 Å². The molecule has 0 aliphatic carbocycles. The minimum atomic E-state index is -0.739. The Morgan fingerprint density at radius 1 is 1.00 bits per heavy atom. The largest absolute Gasteiger partial charge is 0.325 e. The van der Waals surface area contributed by atoms with Crippen LogP contribution in [0.1, 0.15) is 0 Å². The Labute approximate surface area is 73.9 Å². The smallest absolute Gasteiger partial charge is 0.0921 e. The Morgan fingerprint density at radius 3 is 1.80 bits per heavy atom. The van der Waals surface area contributed by atoms with Gasteiger partial charge in [-0.1, -0.05) is 30.3 Å². The molecule has 0 bridgehead atoms. The van der Waals surface area contributed by atoms with Crippen molar-refractivity contribution in [2.75, 3.05) is 0 Å². The van der Waals surface area contributed by atoms with Gasteiger partial charge in [-0.15, -0.1) is 24.8 Å². The SMILES string of the molecule is Cl.Cl.O=[PH2]c1ccccc1. The Morgan fingerprint density at radius 2 is 1.50 bits per heavy atom. The Bertz CT molecular complexity index is 178. The van der Waals surface area contributed by atoms with Crippen LogP contribution < -0.4 is 5.30 Å². The molecule has 0 spiro atoms. The molecule has 0 radical (unpaired) electrons. The van der Waals surface area contributed by atoms with Gasteiger partial charge in [0.1, 0.15) is 0 Å². The lowest BCUT2D eigenvalue weighted by Crippen LogP contribution is -1.84. The molecule has 4 heteroatoms. The predicted molar refractivity (Wildman–Crippen MR) is 51.0 cm³/mol. The fourth-order valence-corrected chi connectivity index (χ4v) is 0.911. The van der Waals surface area contributed by atoms with Gasteiger partial charge in [0.25, 0.3) is 0 Å². The second-order valence-corrected chi connectivity index (χ2v) is 2.43. The predicted octanol–water partition coefficient (Wildman–Crippen LogP) is 1.91. The van der Waals surface area contributed by atoms with Crippen LogP contribution in [0, 0.1) is 0 Å². The summed E-state index contributed by atoms with van der Waals surface area (Å²) in [6.07, 6.45) is 0. The summed E-state index contributed by atoms with van der Waals surface area (Å²) in [6.45, 7) is 0. The van der Waals surface area contributed by atoms with Crippen molar-refractivity contribution in [3.05, 3.63) is 30.3 Å². The van der Waals surface area contributed by atoms with Crippen molar-refractivity contribution in [3.8, 4) is 0 Å². The first-order valence-corrected chi connectivity index (χ1v) is 3.48. The first-order chi connectivity index (χ1) is 3.93. The van der Waals surface area contributed by atoms with Crippen LogP contribution in [0.2, 0.25) is 0 Å². The molecule has 0 aliphatic rings. The zero-order valence-corrected chi connectivity index (χ0v) is 7.98. The summed E-state index contributed by atoms with van der Waals surface area (Å²) in [4.78, 5) is 0. The van der Waals surface area contributed by atoms with Crippen LogP contribution in [-0.4, -0.2) is 0 Å². The fourth-order valence-electron chi connectivity index (χ4n) is 0.532. The first kappa shape index (κ1) is 12.7. The lowest BCUT2D eigenvalue weighted by molar-refractivity contribution is 0.603. The van der Waals surface area contributed by atoms with E-state index < -0.39 is 8.46 Å². The van der Waals surface area contributed by atoms with Crippen LogP contribution >= 0.6 is 33.3 Å². The van der Waals surface area contributed by atoms with Gasteiger partial charge in [-0.25, -0.2) is 0 Å². The molecule has 1 aromatic carbocycles. The quantitative estimate of drug-likeness (QED) is 0.631. The summed E-state index contributed by atoms with van der Waals surface area (Å²) in [5.41, 5.74) is 0. The van der Waals surface area contributed by atoms with Crippen molar-refractivity contribution < 1.29 is 4.57 Å². The van der Waals surface area contributed by atoms with Crippen LogP contribution in [0.5, 0.6) is 0 Å². The van der Waals surface area contributed by atoms with Crippen LogP contribution in [-0.2, 0) is 4.57 Å². The van der Waals surface area contributed by atoms with Gasteiger partial charge in [0.05, 0.1) is 8.46 Å². The maximum atomic E-state index is 10.2. The van der Waals surface area contributed by atoms with Crippen LogP contribution in [0.4, 0.5) is 0 Å². The number of halogens is 2. The standard InChI is InChI=1S/C6H7OP.2ClH/c7-8-6-4-2-1-3-5-6;;/h1-5H,8H2;2*1H. The van der Waals surface area contributed by atoms with E-state index in [9.17, 15) is 4.57 Å². The van der Waals surface area contributed by atoms with Gasteiger partial charge in [0.15, 0.2) is 0 Å². The van der Waals surface area contributed by atoms with E-state index in [0.717, 1.165) is 5.30 Å². The zero-order valence-electron chi connectivity index (χ0n) is 5.19. The first-order valence-electron chi connectivity index (χ1n) is 2.44. The van der Waals surface area contributed by atoms with Crippen molar-refractivity contribution in [2.45, 2.75) is 0 Å². The topological polar surface area (TPSA) is 17.1 Å². The molecule has 1 unspecified atom stereocenters. The van der Waals surface area contributed by atoms with E-state index in [-0.39, 0.29) is 24.8 Å². The second kappa shape index (κ2) is 7.14. The average molecular weight is 199 g/mol. The molecular weight excluding hydrogens is 190 g/mol. The van der Waals surface area contributed by atoms with Crippen molar-refractivity contribution in [2.24, 2.45) is 0 Å². The highest BCUT2D eigenvalue weighted by molar-refractivity contribution is 7.34. The van der Waals surface area contributed by atoms with E-state index in [1.165, 1.54) is 0 Å². The van der Waals surface area contributed by atoms with Gasteiger partial charge in [0.2, 0.25) is 0 Å². The molecule has 1 aromatic rings. The summed E-state index contributed by atoms with van der Waals surface area (Å²) in [6, 6.07) is 9.42. The maximum Gasteiger partial charge on any atom is 0.0921 e. The molecule has 58 valence electrons. The summed E-state index contributed by atoms with van der Waals surface area (Å²) >= 11 is 0. The van der Waals surface area contributed by atoms with Gasteiger partial charge in [-0.05, 0) is 0 Å². The molecule has 0 saturated heterocycles. The van der Waals surface area contributed by atoms with E-state index >= 15 is 0 Å². The molecule has 1 nitrogen and oxygen atoms in total. The van der Waals surface area contributed by atoms with Gasteiger partial charge in [0, 0.05) is 5.30 Å². The third-order valence-electron chi connectivity index (χ3n) is 0.936. The molecule has 0 fully saturated rings. The normalized spacial score (nSPS) is 8.40. The lowest BCUT2D eigenvalue weighted by Gasteiger charge is -1.82. The Kier molecular flexibility index (Phi) is 9.06. The summed E-state index contributed by atoms with van der Waals surface area (Å²) in [5.74, 6) is 0. The number of rotatable bonds is 1. The Hall–Kier alpha value is 0.0300. The molecule has 1 rings (SSSR count). The van der Waals surface area contributed by atoms with Crippen molar-refractivity contribution >= 4 is 38.6 Å². The molecular formula is C6H9Cl2OP. The van der Waals surface area contributed by atoms with Crippen LogP contribution in [0.3, 0.4) is 0 Å². The Balaban J connectivity index is 0. The average Bonchev–Trinajstić information content (AvgIpc) is 1.90. The summed E-state index contributed by atoms with van der Waals surface area (Å²) < 4.78 is 10.2. The number of hydrogen-bond acceptors (Lipinski definition) is 1. The third kappa shape index (κ3) is 3.94. The molecule has 0 heterocycles. The van der Waals surface area contributed by atoms with E-state index in [2.05, 4.69) is 0 Å². The van der Waals surface area contributed by atoms with Crippen LogP contribution in [0.15, 0.2) is 30.3 Å². The third-order valence-corrected chi connectivity index (χ3v) is 1.59. The molecule has 0 amide bonds. The zero-order chi connectivity index (χ0) is 5.82. The molecule has 0 saturated carbocycles. The molecule has 10 heavy (non-hydrogen) atoms. The summed E-state index contributed by atoms with van der Waals surface area (Å²) in [7, 11) is -0.739. The molecule has 1 atom stereocenters. The fraction of sp³-hybridized carbons (Fsp3) is 0. The van der Waals surface area contributed by atoms with Gasteiger partial charge in [-0.3, -0.25) is 0 Å². The molecule has 0 aliphatic heterocycles. The van der Waals surface area contributed by atoms with Crippen molar-refractivity contribution in [1.29, 1.82) is 0 Å². The van der Waals surface area contributed by atoms with Crippen molar-refractivity contribution in [1.82, 2.24) is 0 Å². The van der Waals surface area contributed by atoms with Gasteiger partial charge < -0.3 is 4.57 Å². The van der Waals surface area contributed by atoms with E-state index in [4.69, 9.17) is 0 Å². The van der Waals surface area contributed by atoms with Gasteiger partial charge >= 0.3 is 0 Å². The van der Waals surface area contributed by atoms with Gasteiger partial charge in [-0.2, -0.15) is 0 Å². The minimum absolute atomic E-state index is 0. The highest BCUT2D eigenvalue weighted by atomic mass is 35.5. The molecule has 0 aromatic heterocycles. The second-order valence-electron chi connectivity index (χ2n) is 1.53. The minimum Gasteiger partial charge on any atom is -0.325 e. The number of hydrogen-bond donors (Lipinski definition) is 0. The van der Waals surface area contributed by atoms with E-state index in [0.29, 0.717) is 0 Å². The maximum absolute atomic E-state index is 10.2.